The molecular weight excluding hydrogens is 731 g/mol. The number of aldehydes is 1. The molecule has 2 aliphatic heterocycles. The zero-order valence-corrected chi connectivity index (χ0v) is 33.1. The van der Waals surface area contributed by atoms with Gasteiger partial charge >= 0.3 is 0 Å². The van der Waals surface area contributed by atoms with Crippen LogP contribution in [0.2, 0.25) is 5.02 Å². The number of carbonyl (C=O) groups excluding carboxylic acids is 3. The summed E-state index contributed by atoms with van der Waals surface area (Å²) < 4.78 is 22.5. The van der Waals surface area contributed by atoms with Crippen molar-refractivity contribution >= 4 is 59.9 Å². The quantitative estimate of drug-likeness (QED) is 0.0529. The molecule has 2 atom stereocenters. The average Bonchev–Trinajstić information content (AvgIpc) is 4.02. The highest BCUT2D eigenvalue weighted by Gasteiger charge is 2.30. The van der Waals surface area contributed by atoms with E-state index in [2.05, 4.69) is 43.2 Å². The molecule has 5 N–H and O–H groups in total. The van der Waals surface area contributed by atoms with Gasteiger partial charge in [-0.3, -0.25) is 19.6 Å². The third-order valence-corrected chi connectivity index (χ3v) is 10.5. The number of benzene rings is 2. The molecule has 1 saturated carbocycles. The Labute approximate surface area is 327 Å². The molecule has 1 fully saturated rings. The van der Waals surface area contributed by atoms with Gasteiger partial charge in [-0.2, -0.15) is 0 Å². The van der Waals surface area contributed by atoms with Gasteiger partial charge in [0.15, 0.2) is 0 Å². The van der Waals surface area contributed by atoms with Gasteiger partial charge in [0.1, 0.15) is 24.3 Å². The second-order valence-corrected chi connectivity index (χ2v) is 14.9. The smallest absolute Gasteiger partial charge is 0.286 e. The number of carbonyl (C=O) groups is 3. The number of alkyl halides is 1. The summed E-state index contributed by atoms with van der Waals surface area (Å²) in [5, 5.41) is 11.5. The maximum absolute atomic E-state index is 14.1. The topological polar surface area (TPSA) is 139 Å². The lowest BCUT2D eigenvalue weighted by atomic mass is 10.0. The summed E-state index contributed by atoms with van der Waals surface area (Å²) in [6.45, 7) is 7.88. The Balaban J connectivity index is 0.000000390. The first kappa shape index (κ1) is 42.6. The van der Waals surface area contributed by atoms with Gasteiger partial charge in [-0.05, 0) is 84.9 Å². The minimum Gasteiger partial charge on any atom is -0.387 e. The van der Waals surface area contributed by atoms with E-state index in [9.17, 15) is 18.8 Å². The van der Waals surface area contributed by atoms with Gasteiger partial charge < -0.3 is 35.1 Å². The van der Waals surface area contributed by atoms with Gasteiger partial charge in [-0.1, -0.05) is 62.7 Å². The standard InChI is InChI=1S/C28H39N7O4S.C11H15ClFN/c1-2-24-26(28(38)35(15-16-36)32-27(31-19-30-24)22-10-17-39-18-11-22)34(14-12-29-20-37)13-9-21-5-3-4-6-25(21)33-40-23-7-8-23;1-7(2)11(13)8-4-5-10(14-3)9(12)6-8/h3-6,10,16,19-20,23,27,32-33H,2,7-9,11-15,17-18H2,1H3,(H,29,37)(H,30,31);4-7,11,14H,1-3H3/b26-24+;. The number of rotatable bonds is 18. The summed E-state index contributed by atoms with van der Waals surface area (Å²) in [7, 11) is 1.79. The predicted molar refractivity (Wildman–Crippen MR) is 217 cm³/mol. The first-order valence-corrected chi connectivity index (χ1v) is 19.8. The van der Waals surface area contributed by atoms with E-state index in [-0.39, 0.29) is 18.4 Å². The first-order chi connectivity index (χ1) is 26.2. The van der Waals surface area contributed by atoms with Crippen molar-refractivity contribution in [1.82, 2.24) is 26.0 Å². The van der Waals surface area contributed by atoms with Crippen LogP contribution in [0, 0.1) is 5.92 Å². The van der Waals surface area contributed by atoms with Crippen LogP contribution in [0.25, 0.3) is 0 Å². The molecule has 2 unspecified atom stereocenters. The van der Waals surface area contributed by atoms with Crippen LogP contribution in [0.4, 0.5) is 15.8 Å². The van der Waals surface area contributed by atoms with Crippen LogP contribution in [0.5, 0.6) is 0 Å². The molecule has 0 bridgehead atoms. The largest absolute Gasteiger partial charge is 0.387 e. The summed E-state index contributed by atoms with van der Waals surface area (Å²) in [5.74, 6) is -0.354. The van der Waals surface area contributed by atoms with Crippen LogP contribution in [0.3, 0.4) is 0 Å². The van der Waals surface area contributed by atoms with Crippen molar-refractivity contribution in [2.75, 3.05) is 56.5 Å². The van der Waals surface area contributed by atoms with Crippen molar-refractivity contribution in [2.24, 2.45) is 10.9 Å². The van der Waals surface area contributed by atoms with E-state index >= 15 is 0 Å². The second kappa shape index (κ2) is 22.3. The maximum Gasteiger partial charge on any atom is 0.286 e. The van der Waals surface area contributed by atoms with E-state index < -0.39 is 12.3 Å². The number of allylic oxidation sites excluding steroid dienone is 1. The molecule has 0 aromatic heterocycles. The van der Waals surface area contributed by atoms with Gasteiger partial charge in [0.05, 0.1) is 36.8 Å². The molecule has 1 aliphatic carbocycles. The van der Waals surface area contributed by atoms with E-state index in [0.717, 1.165) is 22.5 Å². The summed E-state index contributed by atoms with van der Waals surface area (Å²) in [6.07, 6.45) is 7.84. The molecule has 2 heterocycles. The molecule has 2 aromatic carbocycles. The number of para-hydroxylation sites is 1. The van der Waals surface area contributed by atoms with Crippen LogP contribution >= 0.6 is 23.5 Å². The molecule has 2 aromatic rings. The molecule has 12 nitrogen and oxygen atoms in total. The Morgan fingerprint density at radius 2 is 1.96 bits per heavy atom. The zero-order valence-electron chi connectivity index (χ0n) is 31.6. The van der Waals surface area contributed by atoms with E-state index in [1.165, 1.54) is 17.9 Å². The Bertz CT molecular complexity index is 1640. The predicted octanol–water partition coefficient (Wildman–Crippen LogP) is 6.01. The Morgan fingerprint density at radius 3 is 2.61 bits per heavy atom. The van der Waals surface area contributed by atoms with Crippen molar-refractivity contribution in [3.63, 3.8) is 0 Å². The van der Waals surface area contributed by atoms with Crippen LogP contribution in [0.1, 0.15) is 63.8 Å². The Kier molecular flexibility index (Phi) is 17.6. The minimum absolute atomic E-state index is 0.0218. The molecule has 2 amide bonds. The Hall–Kier alpha value is -4.11. The molecule has 0 spiro atoms. The highest BCUT2D eigenvalue weighted by Crippen LogP contribution is 2.35. The van der Waals surface area contributed by atoms with Gasteiger partial charge in [0.25, 0.3) is 5.91 Å². The monoisotopic (exact) mass is 784 g/mol. The first-order valence-electron chi connectivity index (χ1n) is 18.5. The lowest BCUT2D eigenvalue weighted by Crippen LogP contribution is -2.52. The van der Waals surface area contributed by atoms with Crippen molar-refractivity contribution in [3.05, 3.63) is 81.7 Å². The molecule has 0 saturated heterocycles. The zero-order chi connectivity index (χ0) is 38.9. The number of hydrogen-bond acceptors (Lipinski definition) is 11. The van der Waals surface area contributed by atoms with Gasteiger partial charge in [-0.15, -0.1) is 0 Å². The summed E-state index contributed by atoms with van der Waals surface area (Å²) in [6, 6.07) is 13.4. The molecule has 0 radical (unpaired) electrons. The molecule has 15 heteroatoms. The highest BCUT2D eigenvalue weighted by atomic mass is 35.5. The van der Waals surface area contributed by atoms with Gasteiger partial charge in [-0.25, -0.2) is 9.82 Å². The summed E-state index contributed by atoms with van der Waals surface area (Å²) in [5.41, 5.74) is 8.98. The van der Waals surface area contributed by atoms with Crippen LogP contribution in [-0.2, 0) is 25.5 Å². The van der Waals surface area contributed by atoms with Crippen LogP contribution in [0.15, 0.2) is 70.5 Å². The fourth-order valence-electron chi connectivity index (χ4n) is 5.84. The number of halogens is 2. The van der Waals surface area contributed by atoms with Gasteiger partial charge in [0, 0.05) is 43.3 Å². The molecule has 54 heavy (non-hydrogen) atoms. The normalized spacial score (nSPS) is 19.8. The number of ether oxygens (including phenoxy) is 1. The SMILES string of the molecule is CC/C1=C(\N(CCNC=O)CCc2ccccc2NSC2CC2)C(=O)N(CC=O)NC(C2=CCOCC2)/N=C/N1.CNc1ccc(C(F)C(C)C)cc1Cl. The number of anilines is 2. The van der Waals surface area contributed by atoms with E-state index in [4.69, 9.17) is 16.3 Å². The fraction of sp³-hybridized carbons (Fsp3) is 0.487. The van der Waals surface area contributed by atoms with Crippen molar-refractivity contribution in [3.8, 4) is 0 Å². The minimum atomic E-state index is -0.946. The van der Waals surface area contributed by atoms with Crippen molar-refractivity contribution in [2.45, 2.75) is 70.5 Å². The lowest BCUT2D eigenvalue weighted by molar-refractivity contribution is -0.134. The lowest BCUT2D eigenvalue weighted by Gasteiger charge is -2.33. The van der Waals surface area contributed by atoms with Crippen molar-refractivity contribution in [1.29, 1.82) is 0 Å². The van der Waals surface area contributed by atoms with E-state index in [0.29, 0.717) is 92.0 Å². The third kappa shape index (κ3) is 12.7. The summed E-state index contributed by atoms with van der Waals surface area (Å²) >= 11 is 7.71. The van der Waals surface area contributed by atoms with Crippen molar-refractivity contribution < 1.29 is 23.5 Å². The molecular formula is C39H54ClFN8O4S. The number of hydrazine groups is 1. The van der Waals surface area contributed by atoms with E-state index in [1.807, 2.05) is 43.9 Å². The highest BCUT2D eigenvalue weighted by molar-refractivity contribution is 8.01. The number of aliphatic imine (C=N–C) groups is 1. The third-order valence-electron chi connectivity index (χ3n) is 9.05. The molecule has 294 valence electrons. The van der Waals surface area contributed by atoms with E-state index in [1.54, 1.807) is 43.5 Å². The Morgan fingerprint density at radius 1 is 1.17 bits per heavy atom. The van der Waals surface area contributed by atoms with Gasteiger partial charge in [0.2, 0.25) is 6.41 Å². The summed E-state index contributed by atoms with van der Waals surface area (Å²) in [4.78, 5) is 43.5. The number of hydrogen-bond donors (Lipinski definition) is 5. The maximum atomic E-state index is 14.1. The molecule has 3 aliphatic rings. The number of nitrogens with zero attached hydrogens (tertiary/aromatic N) is 3. The van der Waals surface area contributed by atoms with Crippen LogP contribution in [-0.4, -0.2) is 92.7 Å². The number of amides is 2. The molecule has 5 rings (SSSR count). The van der Waals surface area contributed by atoms with Crippen LogP contribution < -0.4 is 26.1 Å². The second-order valence-electron chi connectivity index (χ2n) is 13.3. The number of nitrogens with one attached hydrogen (secondary N) is 5. The fourth-order valence-corrected chi connectivity index (χ4v) is 6.99. The average molecular weight is 785 g/mol.